The molecule has 1 aromatic heterocycles. The normalized spacial score (nSPS) is 10.6. The number of rotatable bonds is 1. The first-order valence-electron chi connectivity index (χ1n) is 5.57. The number of benzene rings is 1. The molecule has 2 rings (SSSR count). The summed E-state index contributed by atoms with van der Waals surface area (Å²) in [6.07, 6.45) is 1.77. The van der Waals surface area contributed by atoms with Gasteiger partial charge >= 0.3 is 5.15 Å². The van der Waals surface area contributed by atoms with Gasteiger partial charge in [0.2, 0.25) is 5.75 Å². The number of nitrogens with zero attached hydrogens (tertiary/aromatic N) is 1. The molecular weight excluding hydrogens is 302 g/mol. The Morgan fingerprint density at radius 1 is 1.20 bits per heavy atom. The zero-order chi connectivity index (χ0) is 15.3. The third-order valence-electron chi connectivity index (χ3n) is 2.39. The van der Waals surface area contributed by atoms with E-state index in [-0.39, 0.29) is 10.6 Å². The molecule has 0 aliphatic carbocycles. The minimum atomic E-state index is -4.27. The van der Waals surface area contributed by atoms with E-state index in [1.807, 2.05) is 6.92 Å². The number of aromatic hydroxyl groups is 1. The lowest BCUT2D eigenvalue weighted by Gasteiger charge is -2.05. The molecule has 0 spiro atoms. The number of aromatic nitrogens is 1. The molecule has 0 radical (unpaired) electrons. The van der Waals surface area contributed by atoms with Crippen LogP contribution in [-0.4, -0.2) is 18.1 Å². The second kappa shape index (κ2) is 6.69. The fourth-order valence-electron chi connectivity index (χ4n) is 1.28. The van der Waals surface area contributed by atoms with E-state index in [9.17, 15) is 13.0 Å². The zero-order valence-corrected chi connectivity index (χ0v) is 12.5. The molecule has 0 atom stereocenters. The van der Waals surface area contributed by atoms with Gasteiger partial charge in [-0.25, -0.2) is 8.42 Å². The van der Waals surface area contributed by atoms with Gasteiger partial charge in [-0.1, -0.05) is 17.7 Å². The first-order valence-corrected chi connectivity index (χ1v) is 7.36. The van der Waals surface area contributed by atoms with Crippen LogP contribution >= 0.6 is 11.6 Å². The van der Waals surface area contributed by atoms with Crippen LogP contribution in [0.15, 0.2) is 47.5 Å². The van der Waals surface area contributed by atoms with Gasteiger partial charge in [0.05, 0.1) is 4.90 Å². The van der Waals surface area contributed by atoms with Crippen LogP contribution in [0.1, 0.15) is 5.56 Å². The van der Waals surface area contributed by atoms with E-state index in [0.717, 1.165) is 5.56 Å². The third-order valence-corrected chi connectivity index (χ3v) is 3.70. The maximum Gasteiger partial charge on any atom is 0.317 e. The van der Waals surface area contributed by atoms with Crippen molar-refractivity contribution in [2.75, 3.05) is 0 Å². The highest BCUT2D eigenvalue weighted by atomic mass is 35.5. The number of hydrogen-bond donors (Lipinski definition) is 1. The highest BCUT2D eigenvalue weighted by Crippen LogP contribution is 2.15. The van der Waals surface area contributed by atoms with E-state index in [1.165, 1.54) is 12.1 Å². The monoisotopic (exact) mass is 315 g/mol. The Hall–Kier alpha value is -1.63. The van der Waals surface area contributed by atoms with Crippen molar-refractivity contribution in [1.29, 1.82) is 0 Å². The van der Waals surface area contributed by atoms with E-state index >= 15 is 0 Å². The van der Waals surface area contributed by atoms with Crippen molar-refractivity contribution in [3.63, 3.8) is 0 Å². The molecule has 0 unspecified atom stereocenters. The van der Waals surface area contributed by atoms with E-state index < -0.39 is 10.1 Å². The van der Waals surface area contributed by atoms with Gasteiger partial charge in [0.1, 0.15) is 17.2 Å². The van der Waals surface area contributed by atoms with Crippen molar-refractivity contribution in [2.45, 2.75) is 11.8 Å². The topological polar surface area (TPSA) is 81.3 Å². The molecule has 0 aliphatic rings. The summed E-state index contributed by atoms with van der Waals surface area (Å²) < 4.78 is 32.8. The number of hydrogen-bond acceptors (Lipinski definition) is 4. The summed E-state index contributed by atoms with van der Waals surface area (Å²) in [7, 11) is -2.50. The fourth-order valence-corrected chi connectivity index (χ4v) is 1.87. The molecule has 0 bridgehead atoms. The van der Waals surface area contributed by atoms with Crippen molar-refractivity contribution in [3.8, 4) is 5.75 Å². The second-order valence-corrected chi connectivity index (χ2v) is 5.80. The molecule has 20 heavy (non-hydrogen) atoms. The molecule has 1 heterocycles. The Morgan fingerprint density at radius 2 is 1.75 bits per heavy atom. The van der Waals surface area contributed by atoms with Gasteiger partial charge < -0.3 is 9.66 Å². The molecule has 2 aromatic rings. The molecule has 0 fully saturated rings. The number of aryl methyl sites for hydroxylation is 2. The van der Waals surface area contributed by atoms with Crippen molar-refractivity contribution in [1.82, 2.24) is 0 Å². The standard InChI is InChI=1S/C7H8O3S.C6H6ClNO/c1-6-2-4-7(5-3-6)11(8,9)10;1-8-4-2-3-5(9)6(8)7/h2-5H,1H3,(H,8,9,10);2-4H,1H3. The molecule has 5 nitrogen and oxygen atoms in total. The summed E-state index contributed by atoms with van der Waals surface area (Å²) >= 11 is 5.59. The van der Waals surface area contributed by atoms with Gasteiger partial charge in [-0.2, -0.15) is 4.57 Å². The highest BCUT2D eigenvalue weighted by molar-refractivity contribution is 7.85. The van der Waals surface area contributed by atoms with Crippen LogP contribution in [-0.2, 0) is 17.2 Å². The van der Waals surface area contributed by atoms with Crippen LogP contribution in [0, 0.1) is 6.92 Å². The fraction of sp³-hybridized carbons (Fsp3) is 0.154. The Bertz CT molecular complexity index is 664. The van der Waals surface area contributed by atoms with Crippen molar-refractivity contribution in [2.24, 2.45) is 7.05 Å². The van der Waals surface area contributed by atoms with Gasteiger partial charge in [-0.3, -0.25) is 0 Å². The average Bonchev–Trinajstić information content (AvgIpc) is 2.36. The first-order chi connectivity index (χ1) is 9.21. The largest absolute Gasteiger partial charge is 0.744 e. The maximum absolute atomic E-state index is 10.4. The quantitative estimate of drug-likeness (QED) is 0.494. The van der Waals surface area contributed by atoms with E-state index in [1.54, 1.807) is 42.1 Å². The molecule has 0 saturated heterocycles. The van der Waals surface area contributed by atoms with Crippen molar-refractivity contribution >= 4 is 21.7 Å². The Kier molecular flexibility index (Phi) is 5.50. The van der Waals surface area contributed by atoms with Crippen LogP contribution in [0.5, 0.6) is 5.75 Å². The lowest BCUT2D eigenvalue weighted by atomic mass is 10.2. The smallest absolute Gasteiger partial charge is 0.317 e. The van der Waals surface area contributed by atoms with Crippen LogP contribution < -0.4 is 4.57 Å². The SMILES string of the molecule is C[n+]1cccc(O)c1Cl.Cc1ccc(S(=O)(=O)[O-])cc1. The summed E-state index contributed by atoms with van der Waals surface area (Å²) in [5.74, 6) is 0.113. The summed E-state index contributed by atoms with van der Waals surface area (Å²) in [5, 5.41) is 9.31. The molecule has 0 amide bonds. The average molecular weight is 316 g/mol. The highest BCUT2D eigenvalue weighted by Gasteiger charge is 2.06. The van der Waals surface area contributed by atoms with Gasteiger partial charge in [0.25, 0.3) is 0 Å². The van der Waals surface area contributed by atoms with E-state index in [0.29, 0.717) is 5.15 Å². The van der Waals surface area contributed by atoms with Crippen LogP contribution in [0.4, 0.5) is 0 Å². The molecule has 0 aliphatic heterocycles. The van der Waals surface area contributed by atoms with Gasteiger partial charge in [-0.15, -0.1) is 0 Å². The number of halogens is 1. The molecule has 7 heteroatoms. The summed E-state index contributed by atoms with van der Waals surface area (Å²) in [6.45, 7) is 1.82. The molecule has 108 valence electrons. The minimum absolute atomic E-state index is 0.113. The molecule has 0 saturated carbocycles. The van der Waals surface area contributed by atoms with Gasteiger partial charge in [0, 0.05) is 6.07 Å². The first kappa shape index (κ1) is 16.4. The third kappa shape index (κ3) is 4.80. The van der Waals surface area contributed by atoms with Gasteiger partial charge in [0.15, 0.2) is 6.20 Å². The lowest BCUT2D eigenvalue weighted by Crippen LogP contribution is -2.28. The zero-order valence-electron chi connectivity index (χ0n) is 10.9. The van der Waals surface area contributed by atoms with Crippen molar-refractivity contribution in [3.05, 3.63) is 53.3 Å². The molecule has 1 aromatic carbocycles. The Morgan fingerprint density at radius 3 is 2.15 bits per heavy atom. The Balaban J connectivity index is 0.000000204. The number of pyridine rings is 1. The summed E-state index contributed by atoms with van der Waals surface area (Å²) in [4.78, 5) is -0.178. The van der Waals surface area contributed by atoms with Crippen LogP contribution in [0.2, 0.25) is 5.15 Å². The predicted octanol–water partition coefficient (Wildman–Crippen LogP) is 1.77. The summed E-state index contributed by atoms with van der Waals surface area (Å²) in [6, 6.07) is 9.05. The molecule has 1 N–H and O–H groups in total. The van der Waals surface area contributed by atoms with Crippen molar-refractivity contribution < 1.29 is 22.6 Å². The lowest BCUT2D eigenvalue weighted by molar-refractivity contribution is -0.669. The maximum atomic E-state index is 10.4. The molecular formula is C13H14ClNO4S. The van der Waals surface area contributed by atoms with Crippen LogP contribution in [0.3, 0.4) is 0 Å². The van der Waals surface area contributed by atoms with Gasteiger partial charge in [-0.05, 0) is 36.7 Å². The Labute approximate surface area is 122 Å². The predicted molar refractivity (Wildman–Crippen MR) is 73.4 cm³/mol. The summed E-state index contributed by atoms with van der Waals surface area (Å²) in [5.41, 5.74) is 0.928. The van der Waals surface area contributed by atoms with Crippen LogP contribution in [0.25, 0.3) is 0 Å². The van der Waals surface area contributed by atoms with E-state index in [4.69, 9.17) is 16.7 Å². The van der Waals surface area contributed by atoms with E-state index in [2.05, 4.69) is 0 Å². The second-order valence-electron chi connectivity index (χ2n) is 4.06. The minimum Gasteiger partial charge on any atom is -0.744 e.